The summed E-state index contributed by atoms with van der Waals surface area (Å²) in [5, 5.41) is 0. The minimum Gasteiger partial charge on any atom is -0.234 e. The highest BCUT2D eigenvalue weighted by Crippen LogP contribution is 2.17. The van der Waals surface area contributed by atoms with E-state index >= 15 is 0 Å². The lowest BCUT2D eigenvalue weighted by atomic mass is 10.5. The molecule has 0 aromatic rings. The van der Waals surface area contributed by atoms with Crippen LogP contribution in [0.2, 0.25) is 0 Å². The summed E-state index contributed by atoms with van der Waals surface area (Å²) in [6.45, 7) is 9.11. The fourth-order valence-electron chi connectivity index (χ4n) is 0.419. The molecule has 0 atom stereocenters. The molecule has 0 N–H and O–H groups in total. The van der Waals surface area contributed by atoms with Gasteiger partial charge < -0.3 is 0 Å². The van der Waals surface area contributed by atoms with Crippen LogP contribution in [0.25, 0.3) is 0 Å². The van der Waals surface area contributed by atoms with Crippen LogP contribution in [-0.4, -0.2) is 17.4 Å². The molecule has 0 heterocycles. The van der Waals surface area contributed by atoms with Crippen LogP contribution >= 0.6 is 30.3 Å². The first-order valence-electron chi connectivity index (χ1n) is 2.60. The SMILES string of the molecule is C=CCN(CC=C)SI. The number of nitrogens with zero attached hydrogens (tertiary/aromatic N) is 1. The molecule has 0 saturated carbocycles. The molecule has 1 nitrogen and oxygen atoms in total. The van der Waals surface area contributed by atoms with Crippen molar-refractivity contribution in [2.45, 2.75) is 0 Å². The van der Waals surface area contributed by atoms with Gasteiger partial charge in [0.2, 0.25) is 0 Å². The van der Waals surface area contributed by atoms with Crippen LogP contribution in [-0.2, 0) is 0 Å². The smallest absolute Gasteiger partial charge is 0.0278 e. The molecule has 0 aliphatic rings. The summed E-state index contributed by atoms with van der Waals surface area (Å²) in [4.78, 5) is 0. The van der Waals surface area contributed by atoms with Crippen LogP contribution in [0, 0.1) is 0 Å². The Morgan fingerprint density at radius 2 is 1.78 bits per heavy atom. The summed E-state index contributed by atoms with van der Waals surface area (Å²) in [6.07, 6.45) is 3.77. The summed E-state index contributed by atoms with van der Waals surface area (Å²) in [5.41, 5.74) is 0. The average molecular weight is 255 g/mol. The highest BCUT2D eigenvalue weighted by Gasteiger charge is 1.95. The van der Waals surface area contributed by atoms with Crippen LogP contribution in [0.3, 0.4) is 0 Å². The van der Waals surface area contributed by atoms with E-state index < -0.39 is 0 Å². The van der Waals surface area contributed by atoms with Gasteiger partial charge in [0.15, 0.2) is 0 Å². The maximum absolute atomic E-state index is 3.64. The second-order valence-corrected chi connectivity index (χ2v) is 3.33. The van der Waals surface area contributed by atoms with Crippen molar-refractivity contribution >= 4 is 30.3 Å². The molecule has 0 aromatic heterocycles. The molecule has 0 rings (SSSR count). The molecule has 0 amide bonds. The second-order valence-electron chi connectivity index (χ2n) is 1.49. The second kappa shape index (κ2) is 6.64. The van der Waals surface area contributed by atoms with E-state index in [1.807, 2.05) is 12.2 Å². The van der Waals surface area contributed by atoms with E-state index in [-0.39, 0.29) is 0 Å². The standard InChI is InChI=1S/C6H10INS/c1-3-5-8(9-7)6-4-2/h3-4H,1-2,5-6H2. The van der Waals surface area contributed by atoms with Gasteiger partial charge in [-0.25, -0.2) is 4.31 Å². The minimum absolute atomic E-state index is 0.916. The van der Waals surface area contributed by atoms with Crippen LogP contribution in [0.4, 0.5) is 0 Å². The molecule has 0 aliphatic heterocycles. The highest BCUT2D eigenvalue weighted by atomic mass is 127. The fourth-order valence-corrected chi connectivity index (χ4v) is 1.71. The van der Waals surface area contributed by atoms with Gasteiger partial charge in [-0.2, -0.15) is 0 Å². The molecule has 0 unspecified atom stereocenters. The maximum atomic E-state index is 3.64. The quantitative estimate of drug-likeness (QED) is 0.422. The van der Waals surface area contributed by atoms with Crippen molar-refractivity contribution in [2.75, 3.05) is 13.1 Å². The Morgan fingerprint density at radius 3 is 2.00 bits per heavy atom. The van der Waals surface area contributed by atoms with Gasteiger partial charge in [0, 0.05) is 34.3 Å². The van der Waals surface area contributed by atoms with Gasteiger partial charge in [0.25, 0.3) is 0 Å². The van der Waals surface area contributed by atoms with E-state index in [0.29, 0.717) is 0 Å². The Bertz CT molecular complexity index is 85.1. The van der Waals surface area contributed by atoms with Crippen molar-refractivity contribution < 1.29 is 0 Å². The molecule has 0 aromatic carbocycles. The van der Waals surface area contributed by atoms with Crippen molar-refractivity contribution in [2.24, 2.45) is 0 Å². The Labute approximate surface area is 72.9 Å². The van der Waals surface area contributed by atoms with Crippen LogP contribution in [0.15, 0.2) is 25.3 Å². The van der Waals surface area contributed by atoms with Gasteiger partial charge in [0.1, 0.15) is 0 Å². The molecule has 9 heavy (non-hydrogen) atoms. The first-order valence-corrected chi connectivity index (χ1v) is 5.92. The van der Waals surface area contributed by atoms with Gasteiger partial charge in [-0.1, -0.05) is 12.2 Å². The van der Waals surface area contributed by atoms with Gasteiger partial charge in [-0.15, -0.1) is 13.2 Å². The number of hydrogen-bond acceptors (Lipinski definition) is 2. The number of hydrogen-bond donors (Lipinski definition) is 0. The van der Waals surface area contributed by atoms with Gasteiger partial charge >= 0.3 is 0 Å². The van der Waals surface area contributed by atoms with Crippen molar-refractivity contribution in [3.05, 3.63) is 25.3 Å². The third kappa shape index (κ3) is 4.99. The predicted octanol–water partition coefficient (Wildman–Crippen LogP) is 2.66. The zero-order chi connectivity index (χ0) is 7.11. The third-order valence-electron chi connectivity index (χ3n) is 0.763. The van der Waals surface area contributed by atoms with Crippen molar-refractivity contribution in [3.8, 4) is 0 Å². The third-order valence-corrected chi connectivity index (χ3v) is 2.93. The molecule has 3 heteroatoms. The minimum atomic E-state index is 0.916. The normalized spacial score (nSPS) is 9.56. The van der Waals surface area contributed by atoms with Gasteiger partial charge in [0.05, 0.1) is 0 Å². The van der Waals surface area contributed by atoms with Crippen LogP contribution in [0.1, 0.15) is 0 Å². The lowest BCUT2D eigenvalue weighted by Crippen LogP contribution is -2.12. The van der Waals surface area contributed by atoms with E-state index in [9.17, 15) is 0 Å². The predicted molar refractivity (Wildman–Crippen MR) is 53.6 cm³/mol. The maximum Gasteiger partial charge on any atom is 0.0278 e. The molecular formula is C6H10INS. The lowest BCUT2D eigenvalue weighted by Gasteiger charge is -2.11. The van der Waals surface area contributed by atoms with Gasteiger partial charge in [-0.3, -0.25) is 0 Å². The molecule has 0 radical (unpaired) electrons. The number of halogens is 1. The van der Waals surface area contributed by atoms with E-state index in [0.717, 1.165) is 13.1 Å². The topological polar surface area (TPSA) is 3.24 Å². The highest BCUT2D eigenvalue weighted by molar-refractivity contribution is 14.2. The van der Waals surface area contributed by atoms with Crippen molar-refractivity contribution in [1.29, 1.82) is 0 Å². The van der Waals surface area contributed by atoms with Crippen LogP contribution in [0.5, 0.6) is 0 Å². The lowest BCUT2D eigenvalue weighted by molar-refractivity contribution is 0.587. The van der Waals surface area contributed by atoms with E-state index in [1.165, 1.54) is 0 Å². The first kappa shape index (κ1) is 9.52. The molecule has 0 fully saturated rings. The average Bonchev–Trinajstić information content (AvgIpc) is 1.88. The largest absolute Gasteiger partial charge is 0.234 e. The monoisotopic (exact) mass is 255 g/mol. The van der Waals surface area contributed by atoms with Crippen LogP contribution < -0.4 is 0 Å². The Morgan fingerprint density at radius 1 is 1.33 bits per heavy atom. The summed E-state index contributed by atoms with van der Waals surface area (Å²) in [6, 6.07) is 0. The summed E-state index contributed by atoms with van der Waals surface area (Å²) < 4.78 is 2.15. The number of rotatable bonds is 5. The molecule has 0 bridgehead atoms. The van der Waals surface area contributed by atoms with Crippen molar-refractivity contribution in [3.63, 3.8) is 0 Å². The molecule has 0 aliphatic carbocycles. The zero-order valence-corrected chi connectivity index (χ0v) is 8.19. The zero-order valence-electron chi connectivity index (χ0n) is 5.22. The summed E-state index contributed by atoms with van der Waals surface area (Å²) in [7, 11) is 1.68. The molecule has 0 spiro atoms. The molecule has 0 saturated heterocycles. The Balaban J connectivity index is 3.39. The Kier molecular flexibility index (Phi) is 7.02. The first-order chi connectivity index (χ1) is 4.35. The molecular weight excluding hydrogens is 245 g/mol. The van der Waals surface area contributed by atoms with E-state index in [1.54, 1.807) is 9.12 Å². The van der Waals surface area contributed by atoms with E-state index in [2.05, 4.69) is 38.7 Å². The molecule has 52 valence electrons. The van der Waals surface area contributed by atoms with Crippen molar-refractivity contribution in [1.82, 2.24) is 4.31 Å². The van der Waals surface area contributed by atoms with E-state index in [4.69, 9.17) is 0 Å². The van der Waals surface area contributed by atoms with Gasteiger partial charge in [-0.05, 0) is 9.12 Å². The fraction of sp³-hybridized carbons (Fsp3) is 0.333. The Hall–Kier alpha value is 0.520. The summed E-state index contributed by atoms with van der Waals surface area (Å²) >= 11 is 2.24. The summed E-state index contributed by atoms with van der Waals surface area (Å²) in [5.74, 6) is 0.